The SMILES string of the molecule is COc1nc(-c2ccccc2)cc(Nc2ccccc2)c1C(N)=O. The van der Waals surface area contributed by atoms with Crippen LogP contribution in [0, 0.1) is 0 Å². The molecule has 0 unspecified atom stereocenters. The molecule has 1 aromatic heterocycles. The smallest absolute Gasteiger partial charge is 0.256 e. The molecular formula is C19H17N3O2. The van der Waals surface area contributed by atoms with Gasteiger partial charge in [-0.15, -0.1) is 0 Å². The molecule has 1 heterocycles. The molecule has 0 aliphatic carbocycles. The number of methoxy groups -OCH3 is 1. The van der Waals surface area contributed by atoms with Gasteiger partial charge < -0.3 is 15.8 Å². The summed E-state index contributed by atoms with van der Waals surface area (Å²) in [6.07, 6.45) is 0. The Bertz CT molecular complexity index is 849. The van der Waals surface area contributed by atoms with E-state index in [0.29, 0.717) is 11.4 Å². The second kappa shape index (κ2) is 6.83. The molecule has 120 valence electrons. The standard InChI is InChI=1S/C19H17N3O2/c1-24-19-17(18(20)23)16(21-14-10-6-3-7-11-14)12-15(22-19)13-8-4-2-5-9-13/h2-12H,1H3,(H2,20,23)(H,21,22). The summed E-state index contributed by atoms with van der Waals surface area (Å²) in [7, 11) is 1.47. The number of benzene rings is 2. The van der Waals surface area contributed by atoms with E-state index in [2.05, 4.69) is 10.3 Å². The maximum atomic E-state index is 11.9. The quantitative estimate of drug-likeness (QED) is 0.753. The first-order valence-electron chi connectivity index (χ1n) is 7.45. The number of nitrogens with two attached hydrogens (primary N) is 1. The molecule has 1 amide bonds. The summed E-state index contributed by atoms with van der Waals surface area (Å²) in [5, 5.41) is 3.22. The number of aromatic nitrogens is 1. The topological polar surface area (TPSA) is 77.2 Å². The highest BCUT2D eigenvalue weighted by molar-refractivity contribution is 6.02. The summed E-state index contributed by atoms with van der Waals surface area (Å²) >= 11 is 0. The van der Waals surface area contributed by atoms with Crippen molar-refractivity contribution in [3.05, 3.63) is 72.3 Å². The highest BCUT2D eigenvalue weighted by atomic mass is 16.5. The number of carbonyl (C=O) groups excluding carboxylic acids is 1. The lowest BCUT2D eigenvalue weighted by atomic mass is 10.1. The predicted molar refractivity (Wildman–Crippen MR) is 94.5 cm³/mol. The van der Waals surface area contributed by atoms with Crippen LogP contribution in [0.3, 0.4) is 0 Å². The number of ether oxygens (including phenoxy) is 1. The zero-order chi connectivity index (χ0) is 16.9. The third-order valence-electron chi connectivity index (χ3n) is 3.55. The van der Waals surface area contributed by atoms with Crippen molar-refractivity contribution >= 4 is 17.3 Å². The van der Waals surface area contributed by atoms with E-state index in [0.717, 1.165) is 11.3 Å². The fourth-order valence-corrected chi connectivity index (χ4v) is 2.44. The van der Waals surface area contributed by atoms with Gasteiger partial charge in [0.25, 0.3) is 5.91 Å². The van der Waals surface area contributed by atoms with Crippen LogP contribution in [0.25, 0.3) is 11.3 Å². The second-order valence-corrected chi connectivity index (χ2v) is 5.16. The van der Waals surface area contributed by atoms with Gasteiger partial charge in [-0.05, 0) is 18.2 Å². The molecule has 0 atom stereocenters. The van der Waals surface area contributed by atoms with Gasteiger partial charge in [-0.3, -0.25) is 4.79 Å². The zero-order valence-electron chi connectivity index (χ0n) is 13.2. The normalized spacial score (nSPS) is 10.2. The first-order valence-corrected chi connectivity index (χ1v) is 7.45. The molecule has 0 aliphatic rings. The lowest BCUT2D eigenvalue weighted by molar-refractivity contribution is 0.0997. The highest BCUT2D eigenvalue weighted by Gasteiger charge is 2.19. The molecule has 24 heavy (non-hydrogen) atoms. The summed E-state index contributed by atoms with van der Waals surface area (Å²) < 4.78 is 5.30. The maximum absolute atomic E-state index is 11.9. The van der Waals surface area contributed by atoms with Crippen LogP contribution >= 0.6 is 0 Å². The largest absolute Gasteiger partial charge is 0.480 e. The molecule has 0 aliphatic heterocycles. The third-order valence-corrected chi connectivity index (χ3v) is 3.55. The fourth-order valence-electron chi connectivity index (χ4n) is 2.44. The number of anilines is 2. The van der Waals surface area contributed by atoms with Crippen LogP contribution < -0.4 is 15.8 Å². The number of pyridine rings is 1. The van der Waals surface area contributed by atoms with Crippen molar-refractivity contribution in [1.82, 2.24) is 4.98 Å². The van der Waals surface area contributed by atoms with Gasteiger partial charge in [0.05, 0.1) is 18.5 Å². The minimum absolute atomic E-state index is 0.197. The lowest BCUT2D eigenvalue weighted by Gasteiger charge is -2.15. The average Bonchev–Trinajstić information content (AvgIpc) is 2.62. The number of primary amides is 1. The summed E-state index contributed by atoms with van der Waals surface area (Å²) in [6, 6.07) is 21.0. The van der Waals surface area contributed by atoms with E-state index in [4.69, 9.17) is 10.5 Å². The zero-order valence-corrected chi connectivity index (χ0v) is 13.2. The van der Waals surface area contributed by atoms with Gasteiger partial charge in [-0.2, -0.15) is 0 Å². The molecule has 0 spiro atoms. The van der Waals surface area contributed by atoms with Gasteiger partial charge >= 0.3 is 0 Å². The second-order valence-electron chi connectivity index (χ2n) is 5.16. The minimum Gasteiger partial charge on any atom is -0.480 e. The number of amides is 1. The summed E-state index contributed by atoms with van der Waals surface area (Å²) in [5.74, 6) is -0.403. The monoisotopic (exact) mass is 319 g/mol. The van der Waals surface area contributed by atoms with Gasteiger partial charge in [0, 0.05) is 11.3 Å². The van der Waals surface area contributed by atoms with Gasteiger partial charge in [0.15, 0.2) is 0 Å². The van der Waals surface area contributed by atoms with Crippen molar-refractivity contribution in [1.29, 1.82) is 0 Å². The minimum atomic E-state index is -0.600. The highest BCUT2D eigenvalue weighted by Crippen LogP contribution is 2.32. The van der Waals surface area contributed by atoms with Crippen molar-refractivity contribution in [3.63, 3.8) is 0 Å². The van der Waals surface area contributed by atoms with Crippen molar-refractivity contribution in [3.8, 4) is 17.1 Å². The van der Waals surface area contributed by atoms with Crippen LogP contribution in [-0.4, -0.2) is 18.0 Å². The maximum Gasteiger partial charge on any atom is 0.256 e. The van der Waals surface area contributed by atoms with Crippen LogP contribution in [0.1, 0.15) is 10.4 Å². The fraction of sp³-hybridized carbons (Fsp3) is 0.0526. The number of rotatable bonds is 5. The molecule has 5 heteroatoms. The van der Waals surface area contributed by atoms with Crippen LogP contribution in [0.15, 0.2) is 66.7 Å². The van der Waals surface area contributed by atoms with Crippen LogP contribution in [0.2, 0.25) is 0 Å². The first kappa shape index (κ1) is 15.6. The van der Waals surface area contributed by atoms with E-state index >= 15 is 0 Å². The Morgan fingerprint density at radius 3 is 2.25 bits per heavy atom. The van der Waals surface area contributed by atoms with E-state index in [9.17, 15) is 4.79 Å². The molecule has 5 nitrogen and oxygen atoms in total. The van der Waals surface area contributed by atoms with Crippen molar-refractivity contribution < 1.29 is 9.53 Å². The van der Waals surface area contributed by atoms with Gasteiger partial charge in [-0.1, -0.05) is 48.5 Å². The van der Waals surface area contributed by atoms with E-state index in [1.165, 1.54) is 7.11 Å². The average molecular weight is 319 g/mol. The van der Waals surface area contributed by atoms with Gasteiger partial charge in [0.2, 0.25) is 5.88 Å². The number of hydrogen-bond donors (Lipinski definition) is 2. The number of nitrogens with zero attached hydrogens (tertiary/aromatic N) is 1. The number of hydrogen-bond acceptors (Lipinski definition) is 4. The molecule has 3 aromatic rings. The van der Waals surface area contributed by atoms with Gasteiger partial charge in [-0.25, -0.2) is 4.98 Å². The summed E-state index contributed by atoms with van der Waals surface area (Å²) in [5.41, 5.74) is 8.76. The Hall–Kier alpha value is -3.34. The Labute approximate surface area is 140 Å². The van der Waals surface area contributed by atoms with E-state index in [-0.39, 0.29) is 11.4 Å². The van der Waals surface area contributed by atoms with Crippen LogP contribution in [0.5, 0.6) is 5.88 Å². The van der Waals surface area contributed by atoms with Crippen LogP contribution in [-0.2, 0) is 0 Å². The molecule has 0 bridgehead atoms. The lowest BCUT2D eigenvalue weighted by Crippen LogP contribution is -2.16. The Morgan fingerprint density at radius 1 is 1.04 bits per heavy atom. The van der Waals surface area contributed by atoms with E-state index in [1.807, 2.05) is 60.7 Å². The van der Waals surface area contributed by atoms with Crippen LogP contribution in [0.4, 0.5) is 11.4 Å². The van der Waals surface area contributed by atoms with Crippen molar-refractivity contribution in [2.45, 2.75) is 0 Å². The summed E-state index contributed by atoms with van der Waals surface area (Å²) in [4.78, 5) is 16.3. The van der Waals surface area contributed by atoms with Gasteiger partial charge in [0.1, 0.15) is 5.56 Å². The number of nitrogens with one attached hydrogen (secondary N) is 1. The third kappa shape index (κ3) is 3.20. The summed E-state index contributed by atoms with van der Waals surface area (Å²) in [6.45, 7) is 0. The molecule has 0 radical (unpaired) electrons. The van der Waals surface area contributed by atoms with E-state index < -0.39 is 5.91 Å². The molecule has 3 N–H and O–H groups in total. The molecule has 0 saturated heterocycles. The molecule has 0 saturated carbocycles. The van der Waals surface area contributed by atoms with E-state index in [1.54, 1.807) is 6.07 Å². The number of carbonyl (C=O) groups is 1. The predicted octanol–water partition coefficient (Wildman–Crippen LogP) is 3.60. The molecule has 2 aromatic carbocycles. The molecule has 3 rings (SSSR count). The van der Waals surface area contributed by atoms with Crippen molar-refractivity contribution in [2.75, 3.05) is 12.4 Å². The number of para-hydroxylation sites is 1. The Balaban J connectivity index is 2.15. The van der Waals surface area contributed by atoms with Crippen molar-refractivity contribution in [2.24, 2.45) is 5.73 Å². The first-order chi connectivity index (χ1) is 11.7. The Morgan fingerprint density at radius 2 is 1.67 bits per heavy atom. The Kier molecular flexibility index (Phi) is 4.43. The molecule has 0 fully saturated rings. The molecular weight excluding hydrogens is 302 g/mol.